The summed E-state index contributed by atoms with van der Waals surface area (Å²) in [6.07, 6.45) is 0. The molecular weight excluding hydrogens is 292 g/mol. The van der Waals surface area contributed by atoms with Gasteiger partial charge in [-0.3, -0.25) is 4.79 Å². The molecule has 0 aromatic heterocycles. The quantitative estimate of drug-likeness (QED) is 0.924. The molecule has 0 saturated carbocycles. The highest BCUT2D eigenvalue weighted by Gasteiger charge is 2.18. The van der Waals surface area contributed by atoms with Gasteiger partial charge < -0.3 is 14.8 Å². The van der Waals surface area contributed by atoms with Crippen LogP contribution in [0.15, 0.2) is 36.4 Å². The largest absolute Gasteiger partial charge is 0.496 e. The van der Waals surface area contributed by atoms with Crippen LogP contribution in [-0.4, -0.2) is 20.1 Å². The van der Waals surface area contributed by atoms with Crippen molar-refractivity contribution in [2.45, 2.75) is 6.54 Å². The van der Waals surface area contributed by atoms with E-state index in [1.807, 2.05) is 0 Å². The van der Waals surface area contributed by atoms with E-state index in [9.17, 15) is 13.6 Å². The highest BCUT2D eigenvalue weighted by molar-refractivity contribution is 5.99. The number of ether oxygens (including phenoxy) is 2. The number of methoxy groups -OCH3 is 2. The lowest BCUT2D eigenvalue weighted by Gasteiger charge is -2.13. The van der Waals surface area contributed by atoms with Crippen molar-refractivity contribution in [3.05, 3.63) is 59.2 Å². The van der Waals surface area contributed by atoms with Crippen LogP contribution in [0.3, 0.4) is 0 Å². The molecule has 0 aliphatic heterocycles. The number of hydrogen-bond donors (Lipinski definition) is 1. The molecule has 116 valence electrons. The molecule has 2 rings (SSSR count). The van der Waals surface area contributed by atoms with Gasteiger partial charge in [0.05, 0.1) is 14.2 Å². The van der Waals surface area contributed by atoms with Crippen LogP contribution in [0.4, 0.5) is 8.78 Å². The van der Waals surface area contributed by atoms with Crippen molar-refractivity contribution in [1.82, 2.24) is 5.32 Å². The lowest BCUT2D eigenvalue weighted by atomic mass is 10.1. The number of benzene rings is 2. The Hall–Kier alpha value is -2.63. The second-order valence-corrected chi connectivity index (χ2v) is 4.46. The van der Waals surface area contributed by atoms with E-state index >= 15 is 0 Å². The van der Waals surface area contributed by atoms with Gasteiger partial charge in [0, 0.05) is 18.2 Å². The van der Waals surface area contributed by atoms with Gasteiger partial charge in [-0.15, -0.1) is 0 Å². The van der Waals surface area contributed by atoms with Crippen LogP contribution in [-0.2, 0) is 6.54 Å². The van der Waals surface area contributed by atoms with Crippen molar-refractivity contribution in [1.29, 1.82) is 0 Å². The zero-order valence-electron chi connectivity index (χ0n) is 12.2. The molecule has 1 amide bonds. The third kappa shape index (κ3) is 3.33. The first kappa shape index (κ1) is 15.8. The highest BCUT2D eigenvalue weighted by Crippen LogP contribution is 2.28. The highest BCUT2D eigenvalue weighted by atomic mass is 19.1. The van der Waals surface area contributed by atoms with E-state index in [-0.39, 0.29) is 17.7 Å². The predicted octanol–water partition coefficient (Wildman–Crippen LogP) is 2.91. The Morgan fingerprint density at radius 3 is 2.27 bits per heavy atom. The van der Waals surface area contributed by atoms with Gasteiger partial charge in [0.2, 0.25) is 0 Å². The standard InChI is InChI=1S/C16H15F2NO3/c1-21-13-4-3-5-14(22-2)15(13)16(20)19-9-10-6-7-11(17)8-12(10)18/h3-8H,9H2,1-2H3,(H,19,20). The Balaban J connectivity index is 2.19. The third-order valence-electron chi connectivity index (χ3n) is 3.11. The zero-order chi connectivity index (χ0) is 16.1. The fraction of sp³-hybridized carbons (Fsp3) is 0.188. The summed E-state index contributed by atoms with van der Waals surface area (Å²) in [6.45, 7) is -0.0772. The number of hydrogen-bond acceptors (Lipinski definition) is 3. The van der Waals surface area contributed by atoms with Gasteiger partial charge in [-0.25, -0.2) is 8.78 Å². The summed E-state index contributed by atoms with van der Waals surface area (Å²) < 4.78 is 36.7. The van der Waals surface area contributed by atoms with Gasteiger partial charge in [-0.2, -0.15) is 0 Å². The molecule has 0 unspecified atom stereocenters. The lowest BCUT2D eigenvalue weighted by Crippen LogP contribution is -2.24. The van der Waals surface area contributed by atoms with E-state index < -0.39 is 17.5 Å². The van der Waals surface area contributed by atoms with Crippen LogP contribution in [0.2, 0.25) is 0 Å². The summed E-state index contributed by atoms with van der Waals surface area (Å²) in [5.74, 6) is -1.17. The molecule has 4 nitrogen and oxygen atoms in total. The minimum Gasteiger partial charge on any atom is -0.496 e. The number of amides is 1. The maximum absolute atomic E-state index is 13.6. The first-order chi connectivity index (χ1) is 10.6. The van der Waals surface area contributed by atoms with E-state index in [1.54, 1.807) is 18.2 Å². The summed E-state index contributed by atoms with van der Waals surface area (Å²) in [6, 6.07) is 8.11. The van der Waals surface area contributed by atoms with Crippen LogP contribution in [0.25, 0.3) is 0 Å². The Labute approximate surface area is 126 Å². The first-order valence-corrected chi connectivity index (χ1v) is 6.50. The van der Waals surface area contributed by atoms with Gasteiger partial charge in [0.15, 0.2) is 0 Å². The van der Waals surface area contributed by atoms with Crippen LogP contribution in [0.1, 0.15) is 15.9 Å². The Bertz CT molecular complexity index is 667. The van der Waals surface area contributed by atoms with Crippen molar-refractivity contribution < 1.29 is 23.0 Å². The van der Waals surface area contributed by atoms with Crippen LogP contribution in [0, 0.1) is 11.6 Å². The molecule has 1 N–H and O–H groups in total. The lowest BCUT2D eigenvalue weighted by molar-refractivity contribution is 0.0944. The van der Waals surface area contributed by atoms with E-state index in [0.29, 0.717) is 11.5 Å². The molecule has 0 atom stereocenters. The average molecular weight is 307 g/mol. The van der Waals surface area contributed by atoms with Gasteiger partial charge >= 0.3 is 0 Å². The number of nitrogens with one attached hydrogen (secondary N) is 1. The fourth-order valence-corrected chi connectivity index (χ4v) is 2.00. The average Bonchev–Trinajstić information content (AvgIpc) is 2.52. The van der Waals surface area contributed by atoms with E-state index in [4.69, 9.17) is 9.47 Å². The summed E-state index contributed by atoms with van der Waals surface area (Å²) in [7, 11) is 2.87. The van der Waals surface area contributed by atoms with Crippen LogP contribution < -0.4 is 14.8 Å². The van der Waals surface area contributed by atoms with Gasteiger partial charge in [0.1, 0.15) is 28.7 Å². The molecule has 0 bridgehead atoms. The van der Waals surface area contributed by atoms with Gasteiger partial charge in [0.25, 0.3) is 5.91 Å². The second-order valence-electron chi connectivity index (χ2n) is 4.46. The van der Waals surface area contributed by atoms with Crippen molar-refractivity contribution in [3.8, 4) is 11.5 Å². The molecule has 0 fully saturated rings. The maximum Gasteiger partial charge on any atom is 0.259 e. The van der Waals surface area contributed by atoms with E-state index in [2.05, 4.69) is 5.32 Å². The summed E-state index contributed by atoms with van der Waals surface area (Å²) in [5, 5.41) is 2.56. The minimum absolute atomic E-state index is 0.0772. The van der Waals surface area contributed by atoms with Crippen LogP contribution >= 0.6 is 0 Å². The molecule has 0 aliphatic carbocycles. The van der Waals surface area contributed by atoms with Crippen molar-refractivity contribution in [3.63, 3.8) is 0 Å². The van der Waals surface area contributed by atoms with Gasteiger partial charge in [-0.1, -0.05) is 12.1 Å². The molecule has 0 spiro atoms. The SMILES string of the molecule is COc1cccc(OC)c1C(=O)NCc1ccc(F)cc1F. The van der Waals surface area contributed by atoms with E-state index in [1.165, 1.54) is 20.3 Å². The molecule has 0 aliphatic rings. The summed E-state index contributed by atoms with van der Waals surface area (Å²) in [4.78, 5) is 12.3. The fourth-order valence-electron chi connectivity index (χ4n) is 2.00. The molecule has 6 heteroatoms. The smallest absolute Gasteiger partial charge is 0.259 e. The molecular formula is C16H15F2NO3. The van der Waals surface area contributed by atoms with Crippen LogP contribution in [0.5, 0.6) is 11.5 Å². The van der Waals surface area contributed by atoms with Crippen molar-refractivity contribution in [2.24, 2.45) is 0 Å². The maximum atomic E-state index is 13.6. The Morgan fingerprint density at radius 2 is 1.73 bits per heavy atom. The Morgan fingerprint density at radius 1 is 1.09 bits per heavy atom. The van der Waals surface area contributed by atoms with Crippen molar-refractivity contribution in [2.75, 3.05) is 14.2 Å². The molecule has 0 radical (unpaired) electrons. The normalized spacial score (nSPS) is 10.2. The minimum atomic E-state index is -0.715. The monoisotopic (exact) mass is 307 g/mol. The number of rotatable bonds is 5. The molecule has 2 aromatic rings. The molecule has 0 heterocycles. The predicted molar refractivity (Wildman–Crippen MR) is 77.1 cm³/mol. The topological polar surface area (TPSA) is 47.6 Å². The summed E-state index contributed by atoms with van der Waals surface area (Å²) in [5.41, 5.74) is 0.402. The van der Waals surface area contributed by atoms with Crippen molar-refractivity contribution >= 4 is 5.91 Å². The first-order valence-electron chi connectivity index (χ1n) is 6.50. The number of carbonyl (C=O) groups is 1. The van der Waals surface area contributed by atoms with Gasteiger partial charge in [-0.05, 0) is 18.2 Å². The molecule has 0 saturated heterocycles. The summed E-state index contributed by atoms with van der Waals surface area (Å²) >= 11 is 0. The number of carbonyl (C=O) groups excluding carboxylic acids is 1. The molecule has 2 aromatic carbocycles. The second kappa shape index (κ2) is 6.89. The van der Waals surface area contributed by atoms with E-state index in [0.717, 1.165) is 12.1 Å². The molecule has 22 heavy (non-hydrogen) atoms. The number of halogens is 2. The zero-order valence-corrected chi connectivity index (χ0v) is 12.2. The third-order valence-corrected chi connectivity index (χ3v) is 3.11. The Kier molecular flexibility index (Phi) is 4.93.